The zero-order chi connectivity index (χ0) is 21.7. The van der Waals surface area contributed by atoms with E-state index in [-0.39, 0.29) is 15.8 Å². The molecule has 0 atom stereocenters. The minimum atomic E-state index is -3.71. The molecular formula is C22H28ClN3O3S. The second kappa shape index (κ2) is 9.81. The zero-order valence-corrected chi connectivity index (χ0v) is 19.0. The van der Waals surface area contributed by atoms with Gasteiger partial charge in [0.2, 0.25) is 0 Å². The van der Waals surface area contributed by atoms with Crippen LogP contribution in [0.15, 0.2) is 47.4 Å². The largest absolute Gasteiger partial charge is 0.352 e. The number of nitrogens with zero attached hydrogens (tertiary/aromatic N) is 2. The monoisotopic (exact) mass is 449 g/mol. The van der Waals surface area contributed by atoms with E-state index in [0.717, 1.165) is 31.6 Å². The molecule has 1 N–H and O–H groups in total. The number of hydrogen-bond donors (Lipinski definition) is 1. The Morgan fingerprint density at radius 3 is 2.43 bits per heavy atom. The first kappa shape index (κ1) is 22.6. The summed E-state index contributed by atoms with van der Waals surface area (Å²) in [5, 5.41) is 3.11. The molecule has 1 fully saturated rings. The Bertz CT molecular complexity index is 987. The van der Waals surface area contributed by atoms with Crippen molar-refractivity contribution in [2.45, 2.75) is 31.1 Å². The maximum absolute atomic E-state index is 12.9. The van der Waals surface area contributed by atoms with Gasteiger partial charge in [-0.1, -0.05) is 29.3 Å². The number of sulfonamides is 1. The number of benzene rings is 2. The van der Waals surface area contributed by atoms with Crippen LogP contribution in [0.1, 0.15) is 35.2 Å². The molecule has 6 nitrogen and oxygen atoms in total. The second-order valence-electron chi connectivity index (χ2n) is 7.61. The molecule has 0 aliphatic carbocycles. The number of carbonyl (C=O) groups excluding carboxylic acids is 1. The first-order chi connectivity index (χ1) is 14.3. The van der Waals surface area contributed by atoms with Crippen LogP contribution in [0.2, 0.25) is 5.02 Å². The topological polar surface area (TPSA) is 69.7 Å². The summed E-state index contributed by atoms with van der Waals surface area (Å²) >= 11 is 6.31. The number of nitrogens with one attached hydrogen (secondary N) is 1. The third-order valence-electron chi connectivity index (χ3n) is 5.38. The molecule has 0 aromatic heterocycles. The standard InChI is InChI=1S/C22H28ClN3O3S/c1-17-6-9-19(10-7-17)30(28,29)25(2)18-8-11-20(21(23)16-18)22(27)24-12-5-15-26-13-3-4-14-26/h6-11,16H,3-5,12-15H2,1-2H3,(H,24,27). The van der Waals surface area contributed by atoms with Crippen molar-refractivity contribution < 1.29 is 13.2 Å². The van der Waals surface area contributed by atoms with Crippen molar-refractivity contribution in [2.75, 3.05) is 37.5 Å². The van der Waals surface area contributed by atoms with E-state index in [9.17, 15) is 13.2 Å². The van der Waals surface area contributed by atoms with Crippen LogP contribution in [-0.2, 0) is 10.0 Å². The van der Waals surface area contributed by atoms with Crippen LogP contribution in [-0.4, -0.2) is 52.5 Å². The number of amides is 1. The quantitative estimate of drug-likeness (QED) is 0.624. The van der Waals surface area contributed by atoms with Gasteiger partial charge in [0.05, 0.1) is 21.2 Å². The first-order valence-corrected chi connectivity index (χ1v) is 12.0. The number of likely N-dealkylation sites (tertiary alicyclic amines) is 1. The van der Waals surface area contributed by atoms with Crippen molar-refractivity contribution in [3.8, 4) is 0 Å². The molecule has 0 unspecified atom stereocenters. The summed E-state index contributed by atoms with van der Waals surface area (Å²) in [4.78, 5) is 15.1. The van der Waals surface area contributed by atoms with Gasteiger partial charge in [0.1, 0.15) is 0 Å². The molecule has 1 aliphatic rings. The molecule has 3 rings (SSSR count). The van der Waals surface area contributed by atoms with Crippen molar-refractivity contribution in [1.29, 1.82) is 0 Å². The Kier molecular flexibility index (Phi) is 7.39. The summed E-state index contributed by atoms with van der Waals surface area (Å²) in [5.74, 6) is -0.253. The first-order valence-electron chi connectivity index (χ1n) is 10.1. The van der Waals surface area contributed by atoms with E-state index >= 15 is 0 Å². The number of hydrogen-bond acceptors (Lipinski definition) is 4. The van der Waals surface area contributed by atoms with Crippen LogP contribution < -0.4 is 9.62 Å². The second-order valence-corrected chi connectivity index (χ2v) is 9.98. The van der Waals surface area contributed by atoms with Crippen molar-refractivity contribution in [1.82, 2.24) is 10.2 Å². The Morgan fingerprint density at radius 1 is 1.13 bits per heavy atom. The van der Waals surface area contributed by atoms with Crippen LogP contribution in [0, 0.1) is 6.92 Å². The summed E-state index contributed by atoms with van der Waals surface area (Å²) in [7, 11) is -2.24. The molecule has 162 valence electrons. The highest BCUT2D eigenvalue weighted by Crippen LogP contribution is 2.27. The molecule has 30 heavy (non-hydrogen) atoms. The van der Waals surface area contributed by atoms with Crippen molar-refractivity contribution in [3.63, 3.8) is 0 Å². The van der Waals surface area contributed by atoms with Gasteiger partial charge in [-0.25, -0.2) is 8.42 Å². The van der Waals surface area contributed by atoms with Crippen LogP contribution in [0.25, 0.3) is 0 Å². The molecule has 2 aromatic rings. The van der Waals surface area contributed by atoms with Gasteiger partial charge in [-0.3, -0.25) is 9.10 Å². The lowest BCUT2D eigenvalue weighted by atomic mass is 10.2. The number of aryl methyl sites for hydroxylation is 1. The number of halogens is 1. The maximum atomic E-state index is 12.9. The minimum Gasteiger partial charge on any atom is -0.352 e. The van der Waals surface area contributed by atoms with E-state index in [1.807, 2.05) is 6.92 Å². The van der Waals surface area contributed by atoms with Gasteiger partial charge in [0, 0.05) is 13.6 Å². The van der Waals surface area contributed by atoms with E-state index in [1.54, 1.807) is 36.4 Å². The van der Waals surface area contributed by atoms with Gasteiger partial charge in [-0.15, -0.1) is 0 Å². The molecule has 2 aromatic carbocycles. The van der Waals surface area contributed by atoms with Gasteiger partial charge >= 0.3 is 0 Å². The van der Waals surface area contributed by atoms with Gasteiger partial charge in [-0.05, 0) is 76.2 Å². The lowest BCUT2D eigenvalue weighted by molar-refractivity contribution is 0.0952. The molecule has 8 heteroatoms. The normalized spacial score (nSPS) is 14.6. The maximum Gasteiger partial charge on any atom is 0.264 e. The SMILES string of the molecule is Cc1ccc(S(=O)(=O)N(C)c2ccc(C(=O)NCCCN3CCCC3)c(Cl)c2)cc1. The van der Waals surface area contributed by atoms with E-state index in [0.29, 0.717) is 17.8 Å². The van der Waals surface area contributed by atoms with Crippen LogP contribution in [0.5, 0.6) is 0 Å². The van der Waals surface area contributed by atoms with Crippen molar-refractivity contribution >= 4 is 33.2 Å². The highest BCUT2D eigenvalue weighted by Gasteiger charge is 2.22. The Morgan fingerprint density at radius 2 is 1.80 bits per heavy atom. The number of rotatable bonds is 8. The van der Waals surface area contributed by atoms with E-state index in [1.165, 1.54) is 30.3 Å². The van der Waals surface area contributed by atoms with Gasteiger partial charge < -0.3 is 10.2 Å². The molecule has 1 saturated heterocycles. The molecule has 0 spiro atoms. The fraction of sp³-hybridized carbons (Fsp3) is 0.409. The minimum absolute atomic E-state index is 0.201. The Hall–Kier alpha value is -2.09. The van der Waals surface area contributed by atoms with E-state index in [2.05, 4.69) is 10.2 Å². The molecule has 1 amide bonds. The highest BCUT2D eigenvalue weighted by molar-refractivity contribution is 7.92. The van der Waals surface area contributed by atoms with Crippen LogP contribution in [0.3, 0.4) is 0 Å². The Labute approximate surface area is 183 Å². The van der Waals surface area contributed by atoms with Crippen LogP contribution >= 0.6 is 11.6 Å². The summed E-state index contributed by atoms with van der Waals surface area (Å²) in [6.07, 6.45) is 3.39. The van der Waals surface area contributed by atoms with E-state index < -0.39 is 10.0 Å². The van der Waals surface area contributed by atoms with Gasteiger partial charge in [0.25, 0.3) is 15.9 Å². The summed E-state index contributed by atoms with van der Waals surface area (Å²) in [6.45, 7) is 5.74. The summed E-state index contributed by atoms with van der Waals surface area (Å²) < 4.78 is 26.9. The fourth-order valence-corrected chi connectivity index (χ4v) is 4.95. The molecular weight excluding hydrogens is 422 g/mol. The zero-order valence-electron chi connectivity index (χ0n) is 17.4. The Balaban J connectivity index is 1.63. The number of anilines is 1. The van der Waals surface area contributed by atoms with Crippen LogP contribution in [0.4, 0.5) is 5.69 Å². The lowest BCUT2D eigenvalue weighted by Crippen LogP contribution is -2.29. The van der Waals surface area contributed by atoms with E-state index in [4.69, 9.17) is 11.6 Å². The third-order valence-corrected chi connectivity index (χ3v) is 7.49. The third kappa shape index (κ3) is 5.33. The smallest absolute Gasteiger partial charge is 0.264 e. The van der Waals surface area contributed by atoms with Gasteiger partial charge in [-0.2, -0.15) is 0 Å². The molecule has 1 aliphatic heterocycles. The lowest BCUT2D eigenvalue weighted by Gasteiger charge is -2.20. The predicted octanol–water partition coefficient (Wildman–Crippen LogP) is 3.69. The fourth-order valence-electron chi connectivity index (χ4n) is 3.50. The number of carbonyl (C=O) groups is 1. The predicted molar refractivity (Wildman–Crippen MR) is 121 cm³/mol. The molecule has 1 heterocycles. The van der Waals surface area contributed by atoms with Crippen molar-refractivity contribution in [2.24, 2.45) is 0 Å². The van der Waals surface area contributed by atoms with Crippen molar-refractivity contribution in [3.05, 3.63) is 58.6 Å². The van der Waals surface area contributed by atoms with Gasteiger partial charge in [0.15, 0.2) is 0 Å². The summed E-state index contributed by atoms with van der Waals surface area (Å²) in [5.41, 5.74) is 1.71. The summed E-state index contributed by atoms with van der Waals surface area (Å²) in [6, 6.07) is 11.3. The molecule has 0 saturated carbocycles. The molecule has 0 radical (unpaired) electrons. The average Bonchev–Trinajstić information content (AvgIpc) is 3.24. The average molecular weight is 450 g/mol. The molecule has 0 bridgehead atoms. The highest BCUT2D eigenvalue weighted by atomic mass is 35.5.